The molecule has 1 fully saturated rings. The van der Waals surface area contributed by atoms with Gasteiger partial charge in [0.25, 0.3) is 0 Å². The zero-order chi connectivity index (χ0) is 19.2. The Morgan fingerprint density at radius 2 is 2.04 bits per heavy atom. The molecule has 0 spiro atoms. The molecule has 1 atom stereocenters. The number of nitrogens with zero attached hydrogens (tertiary/aromatic N) is 3. The first-order valence-electron chi connectivity index (χ1n) is 8.78. The number of piperazine rings is 1. The molecule has 8 heteroatoms. The van der Waals surface area contributed by atoms with Gasteiger partial charge in [0.05, 0.1) is 12.8 Å². The van der Waals surface area contributed by atoms with E-state index in [9.17, 15) is 13.2 Å². The van der Waals surface area contributed by atoms with E-state index in [4.69, 9.17) is 4.42 Å². The maximum Gasteiger partial charge on any atom is 0.403 e. The van der Waals surface area contributed by atoms with E-state index < -0.39 is 12.2 Å². The van der Waals surface area contributed by atoms with Gasteiger partial charge in [-0.05, 0) is 26.0 Å². The first-order chi connectivity index (χ1) is 12.3. The average molecular weight is 372 g/mol. The minimum Gasteiger partial charge on any atom is -0.469 e. The van der Waals surface area contributed by atoms with Gasteiger partial charge in [-0.1, -0.05) is 12.2 Å². The molecule has 1 aliphatic rings. The number of halogens is 3. The number of aliphatic imine (C=N–C) groups is 1. The van der Waals surface area contributed by atoms with Crippen molar-refractivity contribution in [2.24, 2.45) is 4.99 Å². The van der Waals surface area contributed by atoms with Gasteiger partial charge in [-0.15, -0.1) is 0 Å². The molecule has 1 aromatic rings. The van der Waals surface area contributed by atoms with Crippen molar-refractivity contribution in [2.45, 2.75) is 32.5 Å². The quantitative estimate of drug-likeness (QED) is 0.474. The molecule has 146 valence electrons. The third kappa shape index (κ3) is 6.09. The van der Waals surface area contributed by atoms with Gasteiger partial charge in [-0.3, -0.25) is 4.90 Å². The highest BCUT2D eigenvalue weighted by Crippen LogP contribution is 2.25. The van der Waals surface area contributed by atoms with Crippen LogP contribution < -0.4 is 5.32 Å². The maximum absolute atomic E-state index is 12.9. The van der Waals surface area contributed by atoms with Gasteiger partial charge in [-0.2, -0.15) is 13.2 Å². The van der Waals surface area contributed by atoms with Crippen molar-refractivity contribution < 1.29 is 17.6 Å². The fourth-order valence-electron chi connectivity index (χ4n) is 2.76. The number of furan rings is 1. The van der Waals surface area contributed by atoms with Gasteiger partial charge >= 0.3 is 6.18 Å². The molecule has 0 amide bonds. The van der Waals surface area contributed by atoms with Crippen LogP contribution in [0.2, 0.25) is 0 Å². The molecular weight excluding hydrogens is 345 g/mol. The molecule has 5 nitrogen and oxygen atoms in total. The minimum atomic E-state index is -4.19. The Morgan fingerprint density at radius 1 is 1.35 bits per heavy atom. The lowest BCUT2D eigenvalue weighted by Crippen LogP contribution is -2.57. The van der Waals surface area contributed by atoms with E-state index in [1.807, 2.05) is 24.0 Å². The highest BCUT2D eigenvalue weighted by molar-refractivity contribution is 5.80. The van der Waals surface area contributed by atoms with Crippen LogP contribution >= 0.6 is 0 Å². The third-order valence-electron chi connectivity index (χ3n) is 4.37. The van der Waals surface area contributed by atoms with Crippen LogP contribution in [-0.2, 0) is 6.42 Å². The Labute approximate surface area is 152 Å². The zero-order valence-corrected chi connectivity index (χ0v) is 15.4. The SMILES string of the molecule is C=C(C)CN=C(NCCc1ccco1)N1CCN(C(C)C(F)(F)F)CC1. The Bertz CT molecular complexity index is 590. The van der Waals surface area contributed by atoms with Crippen molar-refractivity contribution in [2.75, 3.05) is 39.3 Å². The van der Waals surface area contributed by atoms with Crippen molar-refractivity contribution in [1.82, 2.24) is 15.1 Å². The maximum atomic E-state index is 12.9. The summed E-state index contributed by atoms with van der Waals surface area (Å²) in [6.07, 6.45) is -1.85. The fraction of sp³-hybridized carbons (Fsp3) is 0.611. The van der Waals surface area contributed by atoms with Crippen LogP contribution in [0.5, 0.6) is 0 Å². The van der Waals surface area contributed by atoms with E-state index >= 15 is 0 Å². The molecule has 0 bridgehead atoms. The number of guanidine groups is 1. The molecule has 1 saturated heterocycles. The summed E-state index contributed by atoms with van der Waals surface area (Å²) in [6.45, 7) is 9.81. The molecule has 1 aliphatic heterocycles. The van der Waals surface area contributed by atoms with E-state index in [0.717, 1.165) is 11.3 Å². The normalized spacial score (nSPS) is 18.0. The van der Waals surface area contributed by atoms with Crippen molar-refractivity contribution in [3.63, 3.8) is 0 Å². The summed E-state index contributed by atoms with van der Waals surface area (Å²) < 4.78 is 44.0. The zero-order valence-electron chi connectivity index (χ0n) is 15.4. The molecule has 1 aromatic heterocycles. The Kier molecular flexibility index (Phi) is 7.14. The summed E-state index contributed by atoms with van der Waals surface area (Å²) in [5.74, 6) is 1.58. The Hall–Kier alpha value is -1.96. The number of nitrogens with one attached hydrogen (secondary N) is 1. The van der Waals surface area contributed by atoms with Crippen LogP contribution in [0.15, 0.2) is 40.0 Å². The largest absolute Gasteiger partial charge is 0.469 e. The third-order valence-corrected chi connectivity index (χ3v) is 4.37. The van der Waals surface area contributed by atoms with Gasteiger partial charge in [-0.25, -0.2) is 4.99 Å². The minimum absolute atomic E-state index is 0.354. The van der Waals surface area contributed by atoms with Crippen LogP contribution in [0.1, 0.15) is 19.6 Å². The lowest BCUT2D eigenvalue weighted by atomic mass is 10.2. The monoisotopic (exact) mass is 372 g/mol. The van der Waals surface area contributed by atoms with Gasteiger partial charge in [0.15, 0.2) is 5.96 Å². The highest BCUT2D eigenvalue weighted by atomic mass is 19.4. The average Bonchev–Trinajstić information content (AvgIpc) is 3.10. The predicted molar refractivity (Wildman–Crippen MR) is 96.2 cm³/mol. The topological polar surface area (TPSA) is 44.0 Å². The Balaban J connectivity index is 1.91. The summed E-state index contributed by atoms with van der Waals surface area (Å²) >= 11 is 0. The summed E-state index contributed by atoms with van der Waals surface area (Å²) in [4.78, 5) is 8.02. The predicted octanol–water partition coefficient (Wildman–Crippen LogP) is 2.91. The van der Waals surface area contributed by atoms with Crippen LogP contribution in [-0.4, -0.2) is 67.2 Å². The molecule has 0 radical (unpaired) electrons. The van der Waals surface area contributed by atoms with Crippen molar-refractivity contribution >= 4 is 5.96 Å². The summed E-state index contributed by atoms with van der Waals surface area (Å²) in [6, 6.07) is 2.32. The summed E-state index contributed by atoms with van der Waals surface area (Å²) in [5.41, 5.74) is 0.930. The van der Waals surface area contributed by atoms with Crippen molar-refractivity contribution in [3.05, 3.63) is 36.3 Å². The van der Waals surface area contributed by atoms with Gasteiger partial charge in [0.1, 0.15) is 11.8 Å². The molecule has 0 aromatic carbocycles. The molecule has 26 heavy (non-hydrogen) atoms. The number of rotatable bonds is 6. The van der Waals surface area contributed by atoms with Gasteiger partial charge < -0.3 is 14.6 Å². The van der Waals surface area contributed by atoms with E-state index in [0.29, 0.717) is 51.6 Å². The summed E-state index contributed by atoms with van der Waals surface area (Å²) in [5, 5.41) is 3.29. The first kappa shape index (κ1) is 20.4. The van der Waals surface area contributed by atoms with E-state index in [1.165, 1.54) is 11.8 Å². The number of hydrogen-bond acceptors (Lipinski definition) is 3. The second kappa shape index (κ2) is 9.12. The molecule has 2 heterocycles. The highest BCUT2D eigenvalue weighted by Gasteiger charge is 2.41. The van der Waals surface area contributed by atoms with Gasteiger partial charge in [0, 0.05) is 39.1 Å². The fourth-order valence-corrected chi connectivity index (χ4v) is 2.76. The van der Waals surface area contributed by atoms with Crippen molar-refractivity contribution in [3.8, 4) is 0 Å². The van der Waals surface area contributed by atoms with Crippen molar-refractivity contribution in [1.29, 1.82) is 0 Å². The number of hydrogen-bond donors (Lipinski definition) is 1. The van der Waals surface area contributed by atoms with Crippen LogP contribution in [0.25, 0.3) is 0 Å². The molecular formula is C18H27F3N4O. The lowest BCUT2D eigenvalue weighted by molar-refractivity contribution is -0.181. The van der Waals surface area contributed by atoms with E-state index in [2.05, 4.69) is 16.9 Å². The lowest BCUT2D eigenvalue weighted by Gasteiger charge is -2.39. The standard InChI is InChI=1S/C18H27F3N4O/c1-14(2)13-23-17(22-7-6-16-5-4-12-26-16)25-10-8-24(9-11-25)15(3)18(19,20)21/h4-5,12,15H,1,6-11,13H2,2-3H3,(H,22,23). The number of alkyl halides is 3. The second-order valence-corrected chi connectivity index (χ2v) is 6.59. The van der Waals surface area contributed by atoms with E-state index in [1.54, 1.807) is 6.26 Å². The molecule has 0 aliphatic carbocycles. The smallest absolute Gasteiger partial charge is 0.403 e. The molecule has 1 unspecified atom stereocenters. The second-order valence-electron chi connectivity index (χ2n) is 6.59. The first-order valence-corrected chi connectivity index (χ1v) is 8.78. The van der Waals surface area contributed by atoms with E-state index in [-0.39, 0.29) is 0 Å². The van der Waals surface area contributed by atoms with Crippen LogP contribution in [0.4, 0.5) is 13.2 Å². The summed E-state index contributed by atoms with van der Waals surface area (Å²) in [7, 11) is 0. The molecule has 1 N–H and O–H groups in total. The molecule has 2 rings (SSSR count). The van der Waals surface area contributed by atoms with Crippen LogP contribution in [0.3, 0.4) is 0 Å². The van der Waals surface area contributed by atoms with Gasteiger partial charge in [0.2, 0.25) is 0 Å². The molecule has 0 saturated carbocycles. The Morgan fingerprint density at radius 3 is 2.58 bits per heavy atom. The van der Waals surface area contributed by atoms with Crippen LogP contribution in [0, 0.1) is 0 Å².